The highest BCUT2D eigenvalue weighted by Crippen LogP contribution is 2.29. The number of ether oxygens (including phenoxy) is 1. The molecular weight excluding hydrogens is 244 g/mol. The third-order valence-electron chi connectivity index (χ3n) is 2.02. The zero-order valence-corrected chi connectivity index (χ0v) is 10.6. The molecule has 18 heavy (non-hydrogen) atoms. The summed E-state index contributed by atoms with van der Waals surface area (Å²) in [5.74, 6) is -3.14. The van der Waals surface area contributed by atoms with Crippen LogP contribution in [0.3, 0.4) is 0 Å². The first-order valence-electron chi connectivity index (χ1n) is 5.51. The molecule has 0 amide bonds. The highest BCUT2D eigenvalue weighted by atomic mass is 19.3. The summed E-state index contributed by atoms with van der Waals surface area (Å²) in [7, 11) is 0. The number of nitrogens with zero attached hydrogens (tertiary/aromatic N) is 2. The number of halogens is 2. The van der Waals surface area contributed by atoms with Gasteiger partial charge in [-0.05, 0) is 27.3 Å². The van der Waals surface area contributed by atoms with Gasteiger partial charge < -0.3 is 10.5 Å². The molecule has 0 unspecified atom stereocenters. The van der Waals surface area contributed by atoms with Crippen LogP contribution in [-0.2, 0) is 10.7 Å². The van der Waals surface area contributed by atoms with E-state index in [0.29, 0.717) is 0 Å². The number of carbonyl (C=O) groups excluding carboxylic acids is 1. The zero-order valence-electron chi connectivity index (χ0n) is 10.6. The van der Waals surface area contributed by atoms with Crippen LogP contribution in [0.25, 0.3) is 0 Å². The largest absolute Gasteiger partial charge is 0.443 e. The van der Waals surface area contributed by atoms with Crippen LogP contribution >= 0.6 is 0 Å². The predicted octanol–water partition coefficient (Wildman–Crippen LogP) is 2.11. The predicted molar refractivity (Wildman–Crippen MR) is 61.4 cm³/mol. The van der Waals surface area contributed by atoms with Crippen LogP contribution in [0, 0.1) is 0 Å². The highest BCUT2D eigenvalue weighted by Gasteiger charge is 2.34. The smallest absolute Gasteiger partial charge is 0.419 e. The van der Waals surface area contributed by atoms with E-state index in [0.717, 1.165) is 17.1 Å². The van der Waals surface area contributed by atoms with E-state index in [1.807, 2.05) is 0 Å². The van der Waals surface area contributed by atoms with Crippen molar-refractivity contribution >= 4 is 6.09 Å². The van der Waals surface area contributed by atoms with E-state index in [-0.39, 0.29) is 6.54 Å². The molecule has 0 aliphatic rings. The summed E-state index contributed by atoms with van der Waals surface area (Å²) in [6, 6.07) is 0. The van der Waals surface area contributed by atoms with E-state index in [4.69, 9.17) is 10.5 Å². The Balaban J connectivity index is 2.84. The lowest BCUT2D eigenvalue weighted by atomic mass is 10.2. The van der Waals surface area contributed by atoms with Crippen molar-refractivity contribution in [1.82, 2.24) is 9.55 Å². The molecule has 102 valence electrons. The Bertz CT molecular complexity index is 424. The second-order valence-electron chi connectivity index (χ2n) is 4.89. The molecule has 1 aromatic rings. The fraction of sp³-hybridized carbons (Fsp3) is 0.636. The van der Waals surface area contributed by atoms with Gasteiger partial charge >= 0.3 is 6.09 Å². The molecule has 7 heteroatoms. The summed E-state index contributed by atoms with van der Waals surface area (Å²) in [6.45, 7) is 4.90. The van der Waals surface area contributed by atoms with Crippen LogP contribution in [0.4, 0.5) is 13.6 Å². The second kappa shape index (κ2) is 5.01. The Labute approximate surface area is 104 Å². The number of hydrogen-bond acceptors (Lipinski definition) is 4. The van der Waals surface area contributed by atoms with Crippen LogP contribution in [0.2, 0.25) is 0 Å². The summed E-state index contributed by atoms with van der Waals surface area (Å²) in [5.41, 5.74) is 3.92. The number of hydrogen-bond donors (Lipinski definition) is 1. The summed E-state index contributed by atoms with van der Waals surface area (Å²) in [6.07, 6.45) is 0.709. The van der Waals surface area contributed by atoms with Crippen molar-refractivity contribution in [1.29, 1.82) is 0 Å². The molecule has 2 N–H and O–H groups in total. The van der Waals surface area contributed by atoms with Gasteiger partial charge in [-0.2, -0.15) is 8.78 Å². The summed E-state index contributed by atoms with van der Waals surface area (Å²) >= 11 is 0. The molecule has 0 saturated carbocycles. The molecule has 5 nitrogen and oxygen atoms in total. The molecule has 0 aliphatic heterocycles. The molecule has 0 fully saturated rings. The van der Waals surface area contributed by atoms with Gasteiger partial charge in [0.25, 0.3) is 5.92 Å². The van der Waals surface area contributed by atoms with E-state index in [1.165, 1.54) is 0 Å². The van der Waals surface area contributed by atoms with Gasteiger partial charge in [-0.25, -0.2) is 14.3 Å². The Kier molecular flexibility index (Phi) is 4.05. The van der Waals surface area contributed by atoms with Crippen LogP contribution in [0.5, 0.6) is 0 Å². The molecule has 1 aromatic heterocycles. The minimum Gasteiger partial charge on any atom is -0.443 e. The van der Waals surface area contributed by atoms with Crippen molar-refractivity contribution in [3.63, 3.8) is 0 Å². The molecule has 0 aromatic carbocycles. The lowest BCUT2D eigenvalue weighted by Crippen LogP contribution is -2.26. The molecule has 0 bridgehead atoms. The molecule has 1 rings (SSSR count). The van der Waals surface area contributed by atoms with Gasteiger partial charge in [0.05, 0.1) is 0 Å². The normalized spacial score (nSPS) is 12.6. The van der Waals surface area contributed by atoms with E-state index in [2.05, 4.69) is 4.98 Å². The van der Waals surface area contributed by atoms with Crippen LogP contribution < -0.4 is 5.73 Å². The number of rotatable bonds is 3. The van der Waals surface area contributed by atoms with Gasteiger partial charge in [-0.3, -0.25) is 0 Å². The van der Waals surface area contributed by atoms with Crippen molar-refractivity contribution in [2.24, 2.45) is 5.73 Å². The number of alkyl halides is 2. The van der Waals surface area contributed by atoms with Gasteiger partial charge in [0.1, 0.15) is 17.6 Å². The van der Waals surface area contributed by atoms with E-state index >= 15 is 0 Å². The van der Waals surface area contributed by atoms with Gasteiger partial charge in [0.2, 0.25) is 0 Å². The Morgan fingerprint density at radius 2 is 2.11 bits per heavy atom. The fourth-order valence-electron chi connectivity index (χ4n) is 1.24. The molecule has 0 spiro atoms. The average molecular weight is 261 g/mol. The van der Waals surface area contributed by atoms with Crippen molar-refractivity contribution in [3.8, 4) is 0 Å². The summed E-state index contributed by atoms with van der Waals surface area (Å²) in [4.78, 5) is 15.1. The lowest BCUT2D eigenvalue weighted by molar-refractivity contribution is -0.0148. The minimum absolute atomic E-state index is 0.160. The van der Waals surface area contributed by atoms with Crippen LogP contribution in [0.15, 0.2) is 12.5 Å². The second-order valence-corrected chi connectivity index (χ2v) is 4.89. The molecule has 0 saturated heterocycles. The molecule has 0 aliphatic carbocycles. The maximum atomic E-state index is 13.5. The number of nitrogens with two attached hydrogens (primary N) is 1. The van der Waals surface area contributed by atoms with Crippen molar-refractivity contribution in [2.45, 2.75) is 38.7 Å². The number of aromatic nitrogens is 2. The Morgan fingerprint density at radius 1 is 1.50 bits per heavy atom. The standard InChI is InChI=1S/C11H17F2N3O2/c1-10(2,3)18-9(17)16-6-8(15-7-16)11(12,13)4-5-14/h6-7H,4-5,14H2,1-3H3. The Hall–Kier alpha value is -1.50. The zero-order chi connectivity index (χ0) is 14.0. The van der Waals surface area contributed by atoms with E-state index in [1.54, 1.807) is 20.8 Å². The monoisotopic (exact) mass is 261 g/mol. The fourth-order valence-corrected chi connectivity index (χ4v) is 1.24. The lowest BCUT2D eigenvalue weighted by Gasteiger charge is -2.19. The molecule has 1 heterocycles. The van der Waals surface area contributed by atoms with Gasteiger partial charge in [-0.15, -0.1) is 0 Å². The number of carbonyl (C=O) groups is 1. The first kappa shape index (κ1) is 14.6. The first-order valence-corrected chi connectivity index (χ1v) is 5.51. The minimum atomic E-state index is -3.14. The molecule has 0 atom stereocenters. The summed E-state index contributed by atoms with van der Waals surface area (Å²) in [5, 5.41) is 0. The third kappa shape index (κ3) is 3.76. The van der Waals surface area contributed by atoms with E-state index < -0.39 is 29.7 Å². The van der Waals surface area contributed by atoms with Crippen molar-refractivity contribution in [2.75, 3.05) is 6.54 Å². The SMILES string of the molecule is CC(C)(C)OC(=O)n1cnc(C(F)(F)CCN)c1. The molecule has 0 radical (unpaired) electrons. The Morgan fingerprint density at radius 3 is 2.61 bits per heavy atom. The first-order chi connectivity index (χ1) is 8.15. The van der Waals surface area contributed by atoms with E-state index in [9.17, 15) is 13.6 Å². The average Bonchev–Trinajstić information content (AvgIpc) is 2.63. The summed E-state index contributed by atoms with van der Waals surface area (Å²) < 4.78 is 32.8. The topological polar surface area (TPSA) is 70.1 Å². The van der Waals surface area contributed by atoms with Gasteiger partial charge in [0.15, 0.2) is 0 Å². The van der Waals surface area contributed by atoms with Gasteiger partial charge in [0, 0.05) is 12.6 Å². The van der Waals surface area contributed by atoms with Crippen LogP contribution in [0.1, 0.15) is 32.9 Å². The maximum Gasteiger partial charge on any atom is 0.419 e. The van der Waals surface area contributed by atoms with Crippen molar-refractivity contribution in [3.05, 3.63) is 18.2 Å². The quantitative estimate of drug-likeness (QED) is 0.904. The molecular formula is C11H17F2N3O2. The third-order valence-corrected chi connectivity index (χ3v) is 2.02. The van der Waals surface area contributed by atoms with Crippen molar-refractivity contribution < 1.29 is 18.3 Å². The highest BCUT2D eigenvalue weighted by molar-refractivity contribution is 5.70. The number of imidazole rings is 1. The van der Waals surface area contributed by atoms with Gasteiger partial charge in [-0.1, -0.05) is 0 Å². The van der Waals surface area contributed by atoms with Crippen LogP contribution in [-0.4, -0.2) is 27.8 Å². The maximum absolute atomic E-state index is 13.5.